The van der Waals surface area contributed by atoms with E-state index < -0.39 is 34.6 Å². The first-order valence-electron chi connectivity index (χ1n) is 41.7. The summed E-state index contributed by atoms with van der Waals surface area (Å²) in [4.78, 5) is 152. The zero-order valence-corrected chi connectivity index (χ0v) is 69.7. The molecule has 26 heteroatoms. The Morgan fingerprint density at radius 1 is 0.314 bits per heavy atom. The molecule has 121 heavy (non-hydrogen) atoms. The number of carbonyl (C=O) groups is 11. The Balaban J connectivity index is 0.682. The SMILES string of the molecule is CC(C)(C)C(=O)CCCC(=O)NC(CCC(=O)NCCOCCC(=O)CCCC(=O)N1Cc2ccccc2C#Cc2ccccc21)(CCC(=O)NCCOCCC(=O)NCCC(=O)N1Cc2ccccc2C#Cc2ccccc21)CCC(=O)OCCOCCOCCOCCOCCC(=O)NCCC(=O)N1Cc2ccccc2C#Cc2ccccc21. The molecule has 3 heterocycles. The molecule has 6 aromatic rings. The van der Waals surface area contributed by atoms with Gasteiger partial charge in [0.2, 0.25) is 47.3 Å². The summed E-state index contributed by atoms with van der Waals surface area (Å²) in [6.07, 6.45) is 0.768. The van der Waals surface area contributed by atoms with E-state index in [1.54, 1.807) is 35.5 Å². The number of hydrogen-bond donors (Lipinski definition) is 5. The lowest BCUT2D eigenvalue weighted by molar-refractivity contribution is -0.146. The molecular weight excluding hydrogens is 1540 g/mol. The third-order valence-corrected chi connectivity index (χ3v) is 20.4. The summed E-state index contributed by atoms with van der Waals surface area (Å²) < 4.78 is 39.5. The fourth-order valence-corrected chi connectivity index (χ4v) is 13.6. The molecule has 9 rings (SSSR count). The van der Waals surface area contributed by atoms with Crippen molar-refractivity contribution < 1.29 is 85.9 Å². The largest absolute Gasteiger partial charge is 0.463 e. The number of rotatable bonds is 51. The molecule has 5 N–H and O–H groups in total. The lowest BCUT2D eigenvalue weighted by Gasteiger charge is -2.35. The number of fused-ring (bicyclic) bond motifs is 6. The molecule has 0 radical (unpaired) electrons. The minimum absolute atomic E-state index is 0.00454. The summed E-state index contributed by atoms with van der Waals surface area (Å²) in [7, 11) is 0. The number of esters is 1. The van der Waals surface area contributed by atoms with E-state index in [9.17, 15) is 52.7 Å². The number of nitrogens with zero attached hydrogens (tertiary/aromatic N) is 3. The maximum Gasteiger partial charge on any atom is 0.305 e. The third-order valence-electron chi connectivity index (χ3n) is 20.4. The minimum atomic E-state index is -1.32. The lowest BCUT2D eigenvalue weighted by atomic mass is 9.83. The molecule has 0 spiro atoms. The van der Waals surface area contributed by atoms with Crippen LogP contribution in [-0.4, -0.2) is 182 Å². The van der Waals surface area contributed by atoms with Crippen LogP contribution < -0.4 is 41.3 Å². The van der Waals surface area contributed by atoms with Crippen molar-refractivity contribution in [2.24, 2.45) is 5.41 Å². The number of ether oxygens (including phenoxy) is 7. The van der Waals surface area contributed by atoms with Gasteiger partial charge < -0.3 is 74.4 Å². The van der Waals surface area contributed by atoms with Crippen LogP contribution in [0.25, 0.3) is 0 Å². The standard InChI is InChI=1S/C95H112N8O18/c1-94(2,3)84(105)31-17-32-89(110)100-95(48-40-85(106)98-53-58-115-55-45-80(104)27-16-33-90(111)101-68-77-24-7-4-18-71(77)34-37-74-21-10-13-28-81(74)101,49-41-86(107)99-54-59-116-56-46-87(108)96-51-43-91(112)102-69-78-25-8-5-19-72(78)35-38-75-22-11-14-29-82(75)102)50-42-93(114)121-67-66-120-65-64-119-63-62-118-61-60-117-57-47-88(109)97-52-44-92(113)103-70-79-26-9-6-20-73(79)36-39-76-23-12-15-30-83(76)103/h4-15,18-26,28-30H,16-17,27,31-33,40-70H2,1-3H3,(H,96,108)(H,97,109)(H,98,106)(H,99,107)(H,100,110). The second-order valence-corrected chi connectivity index (χ2v) is 30.5. The summed E-state index contributed by atoms with van der Waals surface area (Å²) in [5, 5.41) is 14.3. The molecule has 3 aliphatic heterocycles. The van der Waals surface area contributed by atoms with E-state index in [4.69, 9.17) is 33.2 Å². The molecule has 0 saturated heterocycles. The van der Waals surface area contributed by atoms with Crippen molar-refractivity contribution in [3.8, 4) is 35.5 Å². The summed E-state index contributed by atoms with van der Waals surface area (Å²) in [5.41, 5.74) is 7.77. The van der Waals surface area contributed by atoms with Gasteiger partial charge in [0.15, 0.2) is 0 Å². The Labute approximate surface area is 709 Å². The highest BCUT2D eigenvalue weighted by atomic mass is 16.6. The minimum Gasteiger partial charge on any atom is -0.463 e. The van der Waals surface area contributed by atoms with E-state index in [2.05, 4.69) is 62.1 Å². The molecule has 0 aromatic heterocycles. The topological polar surface area (TPSA) is 322 Å². The molecule has 0 aliphatic carbocycles. The summed E-state index contributed by atoms with van der Waals surface area (Å²) in [6.45, 7) is 8.69. The second kappa shape index (κ2) is 50.4. The molecule has 0 fully saturated rings. The molecular formula is C95H112N8O18. The Morgan fingerprint density at radius 3 is 1.07 bits per heavy atom. The predicted molar refractivity (Wildman–Crippen MR) is 457 cm³/mol. The summed E-state index contributed by atoms with van der Waals surface area (Å²) in [6, 6.07) is 45.6. The fraction of sp³-hybridized carbons (Fsp3) is 0.442. The third kappa shape index (κ3) is 32.4. The molecule has 8 amide bonds. The smallest absolute Gasteiger partial charge is 0.305 e. The van der Waals surface area contributed by atoms with Crippen molar-refractivity contribution in [2.45, 2.75) is 155 Å². The van der Waals surface area contributed by atoms with E-state index in [1.165, 1.54) is 0 Å². The van der Waals surface area contributed by atoms with Crippen LogP contribution in [-0.2, 0) is 106 Å². The van der Waals surface area contributed by atoms with Crippen LogP contribution >= 0.6 is 0 Å². The van der Waals surface area contributed by atoms with E-state index >= 15 is 0 Å². The van der Waals surface area contributed by atoms with Crippen LogP contribution in [0.4, 0.5) is 17.1 Å². The number of hydrogen-bond acceptors (Lipinski definition) is 18. The van der Waals surface area contributed by atoms with Crippen molar-refractivity contribution in [1.82, 2.24) is 26.6 Å². The molecule has 0 bridgehead atoms. The molecule has 640 valence electrons. The van der Waals surface area contributed by atoms with Gasteiger partial charge in [0.1, 0.15) is 18.2 Å². The number of amides is 8. The van der Waals surface area contributed by atoms with E-state index in [0.29, 0.717) is 31.7 Å². The highest BCUT2D eigenvalue weighted by molar-refractivity contribution is 5.98. The van der Waals surface area contributed by atoms with Gasteiger partial charge in [-0.05, 0) is 103 Å². The zero-order chi connectivity index (χ0) is 85.9. The van der Waals surface area contributed by atoms with Gasteiger partial charge in [0.05, 0.1) is 116 Å². The van der Waals surface area contributed by atoms with Crippen molar-refractivity contribution >= 4 is 81.9 Å². The second-order valence-electron chi connectivity index (χ2n) is 30.5. The summed E-state index contributed by atoms with van der Waals surface area (Å²) >= 11 is 0. The normalized spacial score (nSPS) is 12.7. The predicted octanol–water partition coefficient (Wildman–Crippen LogP) is 9.60. The van der Waals surface area contributed by atoms with Crippen LogP contribution in [0.2, 0.25) is 0 Å². The number of anilines is 3. The van der Waals surface area contributed by atoms with Gasteiger partial charge in [0, 0.05) is 148 Å². The van der Waals surface area contributed by atoms with Crippen LogP contribution in [0, 0.1) is 40.9 Å². The van der Waals surface area contributed by atoms with Crippen LogP contribution in [0.15, 0.2) is 146 Å². The maximum atomic E-state index is 14.0. The fourth-order valence-electron chi connectivity index (χ4n) is 13.6. The highest BCUT2D eigenvalue weighted by Gasteiger charge is 2.35. The molecule has 0 saturated carbocycles. The number of para-hydroxylation sites is 3. The van der Waals surface area contributed by atoms with E-state index in [0.717, 1.165) is 61.4 Å². The van der Waals surface area contributed by atoms with E-state index in [1.807, 2.05) is 146 Å². The van der Waals surface area contributed by atoms with Gasteiger partial charge in [-0.25, -0.2) is 0 Å². The first-order chi connectivity index (χ1) is 58.7. The van der Waals surface area contributed by atoms with Crippen LogP contribution in [0.3, 0.4) is 0 Å². The van der Waals surface area contributed by atoms with Crippen LogP contribution in [0.5, 0.6) is 0 Å². The number of ketones is 2. The zero-order valence-electron chi connectivity index (χ0n) is 69.7. The Kier molecular flexibility index (Phi) is 38.8. The molecule has 26 nitrogen and oxygen atoms in total. The van der Waals surface area contributed by atoms with Gasteiger partial charge in [0.25, 0.3) is 0 Å². The van der Waals surface area contributed by atoms with Gasteiger partial charge in [-0.2, -0.15) is 0 Å². The van der Waals surface area contributed by atoms with Crippen molar-refractivity contribution in [3.63, 3.8) is 0 Å². The number of benzene rings is 6. The monoisotopic (exact) mass is 1650 g/mol. The highest BCUT2D eigenvalue weighted by Crippen LogP contribution is 2.32. The van der Waals surface area contributed by atoms with Crippen molar-refractivity contribution in [2.75, 3.05) is 127 Å². The van der Waals surface area contributed by atoms with Gasteiger partial charge in [-0.15, -0.1) is 0 Å². The molecule has 3 aliphatic rings. The average Bonchev–Trinajstić information content (AvgIpc) is 0.815. The first-order valence-corrected chi connectivity index (χ1v) is 41.7. The maximum absolute atomic E-state index is 14.0. The lowest BCUT2D eigenvalue weighted by Crippen LogP contribution is -2.50. The average molecular weight is 1650 g/mol. The van der Waals surface area contributed by atoms with Crippen molar-refractivity contribution in [3.05, 3.63) is 196 Å². The molecule has 6 aromatic carbocycles. The first kappa shape index (κ1) is 93.2. The van der Waals surface area contributed by atoms with Gasteiger partial charge in [-0.3, -0.25) is 52.7 Å². The quantitative estimate of drug-likeness (QED) is 0.0135. The van der Waals surface area contributed by atoms with E-state index in [-0.39, 0.29) is 256 Å². The Bertz CT molecular complexity index is 4560. The number of nitrogens with one attached hydrogen (secondary N) is 5. The van der Waals surface area contributed by atoms with Gasteiger partial charge in [-0.1, -0.05) is 147 Å². The number of carbonyl (C=O) groups excluding carboxylic acids is 11. The summed E-state index contributed by atoms with van der Waals surface area (Å²) in [5.74, 6) is 16.2. The molecule has 1 unspecified atom stereocenters. The number of Topliss-reactive ketones (excluding diaryl/α,β-unsaturated/α-hetero) is 2. The Morgan fingerprint density at radius 2 is 0.645 bits per heavy atom. The van der Waals surface area contributed by atoms with Crippen molar-refractivity contribution in [1.29, 1.82) is 0 Å². The molecule has 1 atom stereocenters. The van der Waals surface area contributed by atoms with Gasteiger partial charge >= 0.3 is 5.97 Å². The van der Waals surface area contributed by atoms with Crippen LogP contribution in [0.1, 0.15) is 180 Å². The Hall–Kier alpha value is -11.7.